The van der Waals surface area contributed by atoms with Gasteiger partial charge in [-0.25, -0.2) is 4.57 Å². The van der Waals surface area contributed by atoms with Crippen molar-refractivity contribution in [3.8, 4) is 0 Å². The Morgan fingerprint density at radius 2 is 0.640 bits per heavy atom. The summed E-state index contributed by atoms with van der Waals surface area (Å²) < 4.78 is 33.2. The molecule has 0 aromatic heterocycles. The van der Waals surface area contributed by atoms with Crippen molar-refractivity contribution in [3.63, 3.8) is 0 Å². The second-order valence-corrected chi connectivity index (χ2v) is 25.9. The van der Waals surface area contributed by atoms with Gasteiger partial charge in [-0.1, -0.05) is 356 Å². The van der Waals surface area contributed by atoms with Crippen LogP contribution < -0.4 is 5.73 Å². The lowest BCUT2D eigenvalue weighted by molar-refractivity contribution is -0.161. The monoisotopic (exact) mass is 1220 g/mol. The van der Waals surface area contributed by atoms with E-state index in [0.717, 1.165) is 83.5 Å². The average Bonchev–Trinajstić information content (AvgIpc) is 3.55. The van der Waals surface area contributed by atoms with Crippen LogP contribution in [-0.2, 0) is 32.7 Å². The highest BCUT2D eigenvalue weighted by molar-refractivity contribution is 7.47. The number of phosphoric acid groups is 1. The predicted molar refractivity (Wildman–Crippen MR) is 372 cm³/mol. The Balaban J connectivity index is 3.84. The van der Waals surface area contributed by atoms with Crippen LogP contribution in [0.15, 0.2) is 85.1 Å². The van der Waals surface area contributed by atoms with Crippen LogP contribution in [0, 0.1) is 0 Å². The van der Waals surface area contributed by atoms with Gasteiger partial charge in [-0.15, -0.1) is 0 Å². The van der Waals surface area contributed by atoms with E-state index in [1.807, 2.05) is 0 Å². The van der Waals surface area contributed by atoms with Gasteiger partial charge in [-0.2, -0.15) is 0 Å². The lowest BCUT2D eigenvalue weighted by atomic mass is 10.0. The molecule has 3 N–H and O–H groups in total. The van der Waals surface area contributed by atoms with E-state index in [0.29, 0.717) is 6.42 Å². The number of carbonyl (C=O) groups excluding carboxylic acids is 2. The Labute approximate surface area is 532 Å². The third-order valence-electron chi connectivity index (χ3n) is 16.0. The molecule has 0 aromatic rings. The van der Waals surface area contributed by atoms with E-state index >= 15 is 0 Å². The average molecular weight is 1220 g/mol. The van der Waals surface area contributed by atoms with Gasteiger partial charge in [0, 0.05) is 19.4 Å². The van der Waals surface area contributed by atoms with E-state index in [1.165, 1.54) is 238 Å². The molecular formula is C76H138NO8P. The SMILES string of the molecule is CC/C=C\C/C=C\C/C=C\C/C=C\C/C=C\C/C=C\C/C=C\CCCCCCCCCCCCCCCCCC(=O)OC(COC(=O)CCCCCCCCCCCCCCCCCCCCCCCCCCCCCC)COP(=O)(O)OCCN. The summed E-state index contributed by atoms with van der Waals surface area (Å²) in [6.45, 7) is 3.69. The van der Waals surface area contributed by atoms with Crippen LogP contribution >= 0.6 is 7.82 Å². The van der Waals surface area contributed by atoms with Crippen molar-refractivity contribution < 1.29 is 37.6 Å². The Kier molecular flexibility index (Phi) is 68.9. The van der Waals surface area contributed by atoms with Crippen molar-refractivity contribution in [1.82, 2.24) is 0 Å². The number of phosphoric ester groups is 1. The molecule has 0 aromatic carbocycles. The lowest BCUT2D eigenvalue weighted by Gasteiger charge is -2.19. The number of ether oxygens (including phenoxy) is 2. The first-order chi connectivity index (χ1) is 42.3. The smallest absolute Gasteiger partial charge is 0.462 e. The number of rotatable bonds is 69. The van der Waals surface area contributed by atoms with E-state index in [-0.39, 0.29) is 38.6 Å². The van der Waals surface area contributed by atoms with E-state index in [2.05, 4.69) is 98.9 Å². The quantitative estimate of drug-likeness (QED) is 0.0264. The molecule has 0 fully saturated rings. The first-order valence-electron chi connectivity index (χ1n) is 36.6. The summed E-state index contributed by atoms with van der Waals surface area (Å²) >= 11 is 0. The zero-order chi connectivity index (χ0) is 62.3. The van der Waals surface area contributed by atoms with Gasteiger partial charge in [0.2, 0.25) is 0 Å². The van der Waals surface area contributed by atoms with Gasteiger partial charge in [0.25, 0.3) is 0 Å². The number of hydrogen-bond acceptors (Lipinski definition) is 8. The molecule has 2 unspecified atom stereocenters. The summed E-state index contributed by atoms with van der Waals surface area (Å²) in [6.07, 6.45) is 95.5. The molecule has 0 saturated carbocycles. The number of nitrogens with two attached hydrogens (primary N) is 1. The molecule has 0 radical (unpaired) electrons. The summed E-state index contributed by atoms with van der Waals surface area (Å²) in [5, 5.41) is 0. The van der Waals surface area contributed by atoms with Crippen LogP contribution in [0.2, 0.25) is 0 Å². The zero-order valence-corrected chi connectivity index (χ0v) is 57.2. The topological polar surface area (TPSA) is 134 Å². The molecule has 86 heavy (non-hydrogen) atoms. The third-order valence-corrected chi connectivity index (χ3v) is 17.0. The third kappa shape index (κ3) is 70.3. The van der Waals surface area contributed by atoms with Crippen LogP contribution in [0.3, 0.4) is 0 Å². The van der Waals surface area contributed by atoms with Gasteiger partial charge in [0.05, 0.1) is 13.2 Å². The number of hydrogen-bond donors (Lipinski definition) is 2. The lowest BCUT2D eigenvalue weighted by Crippen LogP contribution is -2.29. The van der Waals surface area contributed by atoms with Crippen LogP contribution in [0.25, 0.3) is 0 Å². The molecule has 0 aliphatic heterocycles. The summed E-state index contributed by atoms with van der Waals surface area (Å²) in [5.74, 6) is -0.812. The number of allylic oxidation sites excluding steroid dienone is 14. The molecule has 0 rings (SSSR count). The highest BCUT2D eigenvalue weighted by Gasteiger charge is 2.26. The number of esters is 2. The summed E-state index contributed by atoms with van der Waals surface area (Å²) in [4.78, 5) is 35.4. The predicted octanol–water partition coefficient (Wildman–Crippen LogP) is 24.1. The van der Waals surface area contributed by atoms with Crippen LogP contribution in [0.1, 0.15) is 354 Å². The van der Waals surface area contributed by atoms with Crippen molar-refractivity contribution in [1.29, 1.82) is 0 Å². The fraction of sp³-hybridized carbons (Fsp3) is 0.789. The minimum absolute atomic E-state index is 0.0532. The molecule has 0 heterocycles. The van der Waals surface area contributed by atoms with Crippen molar-refractivity contribution in [2.75, 3.05) is 26.4 Å². The van der Waals surface area contributed by atoms with E-state index in [4.69, 9.17) is 24.3 Å². The molecule has 0 aliphatic rings. The normalized spacial score (nSPS) is 13.4. The zero-order valence-electron chi connectivity index (χ0n) is 56.3. The molecule has 0 aliphatic carbocycles. The first-order valence-corrected chi connectivity index (χ1v) is 38.1. The molecular weight excluding hydrogens is 1090 g/mol. The number of carbonyl (C=O) groups is 2. The van der Waals surface area contributed by atoms with E-state index < -0.39 is 26.5 Å². The van der Waals surface area contributed by atoms with Crippen LogP contribution in [0.5, 0.6) is 0 Å². The fourth-order valence-electron chi connectivity index (χ4n) is 10.7. The Bertz CT molecular complexity index is 1690. The van der Waals surface area contributed by atoms with Gasteiger partial charge in [0.15, 0.2) is 6.10 Å². The minimum Gasteiger partial charge on any atom is -0.462 e. The maximum Gasteiger partial charge on any atom is 0.472 e. The Morgan fingerprint density at radius 3 is 0.953 bits per heavy atom. The Hall–Kier alpha value is -2.81. The second-order valence-electron chi connectivity index (χ2n) is 24.4. The van der Waals surface area contributed by atoms with E-state index in [9.17, 15) is 19.0 Å². The van der Waals surface area contributed by atoms with E-state index in [1.54, 1.807) is 0 Å². The van der Waals surface area contributed by atoms with Crippen molar-refractivity contribution in [3.05, 3.63) is 85.1 Å². The highest BCUT2D eigenvalue weighted by atomic mass is 31.2. The maximum atomic E-state index is 12.8. The molecule has 500 valence electrons. The molecule has 9 nitrogen and oxygen atoms in total. The summed E-state index contributed by atoms with van der Waals surface area (Å²) in [5.41, 5.74) is 5.41. The molecule has 0 spiro atoms. The fourth-order valence-corrected chi connectivity index (χ4v) is 11.4. The van der Waals surface area contributed by atoms with Gasteiger partial charge in [-0.05, 0) is 70.6 Å². The Morgan fingerprint density at radius 1 is 0.360 bits per heavy atom. The minimum atomic E-state index is -4.40. The number of unbranched alkanes of at least 4 members (excludes halogenated alkanes) is 42. The standard InChI is InChI=1S/C76H138NO8P/c1-3-5-7-9-11-13-15-17-19-21-23-25-27-29-31-33-34-35-36-37-38-39-40-41-43-45-47-49-51-53-55-57-59-61-63-65-67-69-76(79)85-74(73-84-86(80,81)83-71-70-77)72-82-75(78)68-66-64-62-60-58-56-54-52-50-48-46-44-42-32-30-28-26-24-22-20-18-16-14-12-10-8-6-4-2/h5,7,11,13,17,19,23,25,29,31,34-35,37-38,74H,3-4,6,8-10,12,14-16,18,20-22,24,26-28,30,32-33,36,39-73,77H2,1-2H3,(H,80,81)/b7-5-,13-11-,19-17-,25-23-,31-29-,35-34-,38-37-. The van der Waals surface area contributed by atoms with Gasteiger partial charge < -0.3 is 20.1 Å². The summed E-state index contributed by atoms with van der Waals surface area (Å²) in [6, 6.07) is 0. The maximum absolute atomic E-state index is 12.8. The first kappa shape index (κ1) is 83.2. The van der Waals surface area contributed by atoms with Crippen molar-refractivity contribution >= 4 is 19.8 Å². The molecule has 2 atom stereocenters. The summed E-state index contributed by atoms with van der Waals surface area (Å²) in [7, 11) is -4.40. The van der Waals surface area contributed by atoms with Gasteiger partial charge in [0.1, 0.15) is 6.61 Å². The highest BCUT2D eigenvalue weighted by Crippen LogP contribution is 2.43. The molecule has 0 amide bonds. The van der Waals surface area contributed by atoms with Gasteiger partial charge in [-0.3, -0.25) is 18.6 Å². The molecule has 0 bridgehead atoms. The van der Waals surface area contributed by atoms with Gasteiger partial charge >= 0.3 is 19.8 Å². The molecule has 0 saturated heterocycles. The van der Waals surface area contributed by atoms with Crippen LogP contribution in [-0.4, -0.2) is 49.3 Å². The van der Waals surface area contributed by atoms with Crippen molar-refractivity contribution in [2.45, 2.75) is 360 Å². The van der Waals surface area contributed by atoms with Crippen molar-refractivity contribution in [2.24, 2.45) is 5.73 Å². The second kappa shape index (κ2) is 71.3. The molecule has 10 heteroatoms. The largest absolute Gasteiger partial charge is 0.472 e. The van der Waals surface area contributed by atoms with Crippen LogP contribution in [0.4, 0.5) is 0 Å².